The second-order valence-corrected chi connectivity index (χ2v) is 6.99. The van der Waals surface area contributed by atoms with Crippen LogP contribution in [0.5, 0.6) is 0 Å². The van der Waals surface area contributed by atoms with Crippen LogP contribution in [-0.4, -0.2) is 60.4 Å². The second-order valence-electron chi connectivity index (χ2n) is 6.99. The maximum atomic E-state index is 12.9. The van der Waals surface area contributed by atoms with E-state index in [1.165, 1.54) is 11.8 Å². The minimum Gasteiger partial charge on any atom is -0.459 e. The summed E-state index contributed by atoms with van der Waals surface area (Å²) < 4.78 is 5.19. The first-order chi connectivity index (χ1) is 12.6. The van der Waals surface area contributed by atoms with Crippen molar-refractivity contribution in [2.24, 2.45) is 0 Å². The van der Waals surface area contributed by atoms with Crippen LogP contribution in [0.25, 0.3) is 0 Å². The fraction of sp³-hybridized carbons (Fsp3) is 0.400. The van der Waals surface area contributed by atoms with Crippen LogP contribution < -0.4 is 4.90 Å². The third kappa shape index (κ3) is 3.12. The molecular weight excluding hydrogens is 330 g/mol. The van der Waals surface area contributed by atoms with Crippen molar-refractivity contribution in [2.45, 2.75) is 19.4 Å². The van der Waals surface area contributed by atoms with Gasteiger partial charge in [0.2, 0.25) is 5.91 Å². The molecule has 0 aliphatic carbocycles. The fourth-order valence-electron chi connectivity index (χ4n) is 3.88. The Hall–Kier alpha value is -2.60. The van der Waals surface area contributed by atoms with Crippen LogP contribution in [0.2, 0.25) is 0 Å². The molecule has 0 N–H and O–H groups in total. The van der Waals surface area contributed by atoms with Gasteiger partial charge < -0.3 is 14.2 Å². The van der Waals surface area contributed by atoms with Crippen molar-refractivity contribution in [3.05, 3.63) is 54.0 Å². The number of carbonyl (C=O) groups is 2. The quantitative estimate of drug-likeness (QED) is 0.847. The van der Waals surface area contributed by atoms with E-state index < -0.39 is 0 Å². The summed E-state index contributed by atoms with van der Waals surface area (Å²) in [5, 5.41) is 0. The molecule has 0 bridgehead atoms. The molecule has 26 heavy (non-hydrogen) atoms. The second kappa shape index (κ2) is 6.96. The van der Waals surface area contributed by atoms with E-state index in [1.54, 1.807) is 17.0 Å². The molecule has 1 atom stereocenters. The van der Waals surface area contributed by atoms with E-state index in [2.05, 4.69) is 17.9 Å². The Labute approximate surface area is 153 Å². The maximum Gasteiger partial charge on any atom is 0.289 e. The van der Waals surface area contributed by atoms with E-state index in [9.17, 15) is 9.59 Å². The monoisotopic (exact) mass is 353 g/mol. The van der Waals surface area contributed by atoms with Gasteiger partial charge in [0, 0.05) is 37.9 Å². The zero-order chi connectivity index (χ0) is 18.1. The number of hydrogen-bond acceptors (Lipinski definition) is 4. The van der Waals surface area contributed by atoms with Gasteiger partial charge in [-0.25, -0.2) is 0 Å². The number of fused-ring (bicyclic) bond motifs is 1. The highest BCUT2D eigenvalue weighted by Crippen LogP contribution is 2.31. The number of hydrogen-bond donors (Lipinski definition) is 0. The molecule has 3 heterocycles. The molecule has 0 radical (unpaired) electrons. The Balaban J connectivity index is 1.35. The van der Waals surface area contributed by atoms with Gasteiger partial charge in [-0.2, -0.15) is 0 Å². The van der Waals surface area contributed by atoms with Crippen molar-refractivity contribution in [3.63, 3.8) is 0 Å². The number of amides is 2. The van der Waals surface area contributed by atoms with Crippen molar-refractivity contribution in [1.29, 1.82) is 0 Å². The lowest BCUT2D eigenvalue weighted by molar-refractivity contribution is -0.120. The molecule has 2 aromatic rings. The zero-order valence-corrected chi connectivity index (χ0v) is 14.9. The molecule has 1 unspecified atom stereocenters. The summed E-state index contributed by atoms with van der Waals surface area (Å²) in [6.45, 7) is 5.10. The number of para-hydroxylation sites is 1. The summed E-state index contributed by atoms with van der Waals surface area (Å²) in [5.74, 6) is 0.424. The largest absolute Gasteiger partial charge is 0.459 e. The lowest BCUT2D eigenvalue weighted by Crippen LogP contribution is -2.52. The van der Waals surface area contributed by atoms with Gasteiger partial charge in [0.05, 0.1) is 12.8 Å². The molecular formula is C20H23N3O3. The Bertz CT molecular complexity index is 794. The summed E-state index contributed by atoms with van der Waals surface area (Å²) in [6.07, 6.45) is 2.42. The third-order valence-electron chi connectivity index (χ3n) is 5.23. The molecule has 136 valence electrons. The number of benzene rings is 1. The van der Waals surface area contributed by atoms with Crippen LogP contribution in [0.1, 0.15) is 23.0 Å². The number of furan rings is 1. The van der Waals surface area contributed by atoms with Crippen LogP contribution >= 0.6 is 0 Å². The van der Waals surface area contributed by atoms with Gasteiger partial charge in [-0.05, 0) is 37.1 Å². The first-order valence-corrected chi connectivity index (χ1v) is 9.08. The normalized spacial score (nSPS) is 20.3. The Morgan fingerprint density at radius 1 is 1.08 bits per heavy atom. The summed E-state index contributed by atoms with van der Waals surface area (Å²) in [5.41, 5.74) is 2.28. The molecule has 1 saturated heterocycles. The average molecular weight is 353 g/mol. The minimum atomic E-state index is -0.0805. The van der Waals surface area contributed by atoms with E-state index in [-0.39, 0.29) is 17.9 Å². The molecule has 1 aromatic heterocycles. The molecule has 4 rings (SSSR count). The highest BCUT2D eigenvalue weighted by molar-refractivity contribution is 5.97. The van der Waals surface area contributed by atoms with Gasteiger partial charge in [0.25, 0.3) is 5.91 Å². The fourth-order valence-corrected chi connectivity index (χ4v) is 3.88. The molecule has 2 aliphatic heterocycles. The molecule has 1 aromatic carbocycles. The maximum absolute atomic E-state index is 12.9. The van der Waals surface area contributed by atoms with Gasteiger partial charge in [0.1, 0.15) is 0 Å². The van der Waals surface area contributed by atoms with Crippen LogP contribution in [-0.2, 0) is 11.2 Å². The first kappa shape index (κ1) is 16.8. The van der Waals surface area contributed by atoms with Crippen LogP contribution in [0, 0.1) is 0 Å². The Morgan fingerprint density at radius 2 is 1.85 bits per heavy atom. The zero-order valence-electron chi connectivity index (χ0n) is 14.9. The van der Waals surface area contributed by atoms with E-state index in [1.807, 2.05) is 23.1 Å². The Kier molecular flexibility index (Phi) is 4.51. The minimum absolute atomic E-state index is 0.0805. The highest BCUT2D eigenvalue weighted by Gasteiger charge is 2.32. The average Bonchev–Trinajstić information content (AvgIpc) is 3.28. The van der Waals surface area contributed by atoms with Crippen molar-refractivity contribution < 1.29 is 14.0 Å². The number of piperazine rings is 1. The number of nitrogens with zero attached hydrogens (tertiary/aromatic N) is 3. The number of anilines is 1. The number of rotatable bonds is 3. The molecule has 1 fully saturated rings. The van der Waals surface area contributed by atoms with Crippen molar-refractivity contribution in [1.82, 2.24) is 9.80 Å². The molecule has 6 heteroatoms. The van der Waals surface area contributed by atoms with Gasteiger partial charge >= 0.3 is 0 Å². The van der Waals surface area contributed by atoms with E-state index in [4.69, 9.17) is 4.42 Å². The van der Waals surface area contributed by atoms with Crippen LogP contribution in [0.3, 0.4) is 0 Å². The third-order valence-corrected chi connectivity index (χ3v) is 5.23. The van der Waals surface area contributed by atoms with E-state index in [0.717, 1.165) is 12.1 Å². The molecule has 6 nitrogen and oxygen atoms in total. The van der Waals surface area contributed by atoms with Gasteiger partial charge in [-0.1, -0.05) is 18.2 Å². The topological polar surface area (TPSA) is 57.0 Å². The van der Waals surface area contributed by atoms with E-state index >= 15 is 0 Å². The van der Waals surface area contributed by atoms with E-state index in [0.29, 0.717) is 38.5 Å². The summed E-state index contributed by atoms with van der Waals surface area (Å²) >= 11 is 0. The predicted octanol–water partition coefficient (Wildman–Crippen LogP) is 2.02. The highest BCUT2D eigenvalue weighted by atomic mass is 16.3. The number of carbonyl (C=O) groups excluding carboxylic acids is 2. The first-order valence-electron chi connectivity index (χ1n) is 9.08. The molecule has 0 spiro atoms. The lowest BCUT2D eigenvalue weighted by atomic mass is 10.1. The van der Waals surface area contributed by atoms with Crippen LogP contribution in [0.4, 0.5) is 5.69 Å². The van der Waals surface area contributed by atoms with Crippen molar-refractivity contribution in [2.75, 3.05) is 37.6 Å². The lowest BCUT2D eigenvalue weighted by Gasteiger charge is -2.35. The SMILES string of the molecule is CC1Cc2ccccc2N1C(=O)CN1CCN(C(=O)c2ccco2)CC1. The standard InChI is InChI=1S/C20H23N3O3/c1-15-13-16-5-2-3-6-17(16)23(15)19(24)14-21-8-10-22(11-9-21)20(25)18-7-4-12-26-18/h2-7,12,15H,8-11,13-14H2,1H3. The van der Waals surface area contributed by atoms with Gasteiger partial charge in [-0.3, -0.25) is 14.5 Å². The predicted molar refractivity (Wildman–Crippen MR) is 98.1 cm³/mol. The molecule has 2 aliphatic rings. The van der Waals surface area contributed by atoms with Gasteiger partial charge in [-0.15, -0.1) is 0 Å². The summed E-state index contributed by atoms with van der Waals surface area (Å²) in [4.78, 5) is 31.0. The van der Waals surface area contributed by atoms with Crippen LogP contribution in [0.15, 0.2) is 47.1 Å². The Morgan fingerprint density at radius 3 is 2.58 bits per heavy atom. The molecule has 2 amide bonds. The van der Waals surface area contributed by atoms with Gasteiger partial charge in [0.15, 0.2) is 5.76 Å². The van der Waals surface area contributed by atoms with Crippen molar-refractivity contribution >= 4 is 17.5 Å². The van der Waals surface area contributed by atoms with Crippen molar-refractivity contribution in [3.8, 4) is 0 Å². The summed E-state index contributed by atoms with van der Waals surface area (Å²) in [7, 11) is 0. The smallest absolute Gasteiger partial charge is 0.289 e. The molecule has 0 saturated carbocycles. The summed E-state index contributed by atoms with van der Waals surface area (Å²) in [6, 6.07) is 11.7.